The third-order valence-electron chi connectivity index (χ3n) is 8.33. The van der Waals surface area contributed by atoms with Gasteiger partial charge in [0.25, 0.3) is 0 Å². The third-order valence-corrected chi connectivity index (χ3v) is 8.33. The first-order valence-corrected chi connectivity index (χ1v) is 14.9. The molecule has 3 aromatic heterocycles. The topological polar surface area (TPSA) is 53.5 Å². The molecule has 0 saturated heterocycles. The highest BCUT2D eigenvalue weighted by Crippen LogP contribution is 2.30. The fourth-order valence-corrected chi connectivity index (χ4v) is 6.92. The van der Waals surface area contributed by atoms with E-state index in [1.165, 1.54) is 66.8 Å². The van der Waals surface area contributed by atoms with E-state index < -0.39 is 7.12 Å². The molecular formula is C36H39BN6. The summed E-state index contributed by atoms with van der Waals surface area (Å²) in [4.78, 5) is 0. The van der Waals surface area contributed by atoms with E-state index in [-0.39, 0.29) is 0 Å². The van der Waals surface area contributed by atoms with E-state index in [1.807, 2.05) is 32.4 Å². The van der Waals surface area contributed by atoms with Crippen molar-refractivity contribution in [2.45, 2.75) is 62.3 Å². The van der Waals surface area contributed by atoms with Crippen LogP contribution in [0.25, 0.3) is 33.8 Å². The molecule has 0 N–H and O–H groups in total. The Bertz CT molecular complexity index is 1690. The van der Waals surface area contributed by atoms with Gasteiger partial charge in [0, 0.05) is 35.3 Å². The van der Waals surface area contributed by atoms with E-state index in [4.69, 9.17) is 15.3 Å². The van der Waals surface area contributed by atoms with Gasteiger partial charge in [-0.2, -0.15) is 15.3 Å². The molecule has 0 aliphatic heterocycles. The first-order valence-electron chi connectivity index (χ1n) is 14.9. The zero-order valence-corrected chi connectivity index (χ0v) is 26.7. The molecule has 0 radical (unpaired) electrons. The molecule has 0 bridgehead atoms. The van der Waals surface area contributed by atoms with Crippen LogP contribution in [0.5, 0.6) is 0 Å². The third kappa shape index (κ3) is 5.24. The Balaban J connectivity index is 1.49. The Kier molecular flexibility index (Phi) is 7.21. The highest BCUT2D eigenvalue weighted by atomic mass is 15.4. The fourth-order valence-electron chi connectivity index (χ4n) is 6.92. The standard InChI is InChI=1S/C36H39BN6/c1-22-16-25(4)34(26(5)17-22)31-10-13-41(38-31)37(42-14-11-32(39-42)35-27(6)18-23(2)19-28(35)7)43-15-12-33(40-43)36-29(8)20-24(3)21-30(36)9/h10-21H,1-9H3. The van der Waals surface area contributed by atoms with E-state index in [1.54, 1.807) is 0 Å². The maximum Gasteiger partial charge on any atom is 0.568 e. The lowest BCUT2D eigenvalue weighted by Gasteiger charge is -2.15. The van der Waals surface area contributed by atoms with Gasteiger partial charge in [-0.25, -0.2) is 0 Å². The van der Waals surface area contributed by atoms with Gasteiger partial charge in [0.15, 0.2) is 0 Å². The van der Waals surface area contributed by atoms with Crippen molar-refractivity contribution in [2.24, 2.45) is 0 Å². The molecule has 3 heterocycles. The van der Waals surface area contributed by atoms with Gasteiger partial charge in [-0.3, -0.25) is 13.8 Å². The summed E-state index contributed by atoms with van der Waals surface area (Å²) in [5.74, 6) is 0. The maximum absolute atomic E-state index is 5.14. The summed E-state index contributed by atoms with van der Waals surface area (Å²) in [6.45, 7) is 19.4. The molecule has 0 atom stereocenters. The van der Waals surface area contributed by atoms with Gasteiger partial charge in [-0.1, -0.05) is 53.1 Å². The summed E-state index contributed by atoms with van der Waals surface area (Å²) in [6.07, 6.45) is 6.10. The number of rotatable bonds is 6. The number of aryl methyl sites for hydroxylation is 9. The minimum Gasteiger partial charge on any atom is -0.268 e. The monoisotopic (exact) mass is 566 g/mol. The van der Waals surface area contributed by atoms with Crippen molar-refractivity contribution in [1.29, 1.82) is 0 Å². The molecule has 0 fully saturated rings. The summed E-state index contributed by atoms with van der Waals surface area (Å²) >= 11 is 0. The van der Waals surface area contributed by atoms with Crippen LogP contribution in [0.4, 0.5) is 0 Å². The molecule has 6 aromatic rings. The van der Waals surface area contributed by atoms with E-state index in [9.17, 15) is 0 Å². The smallest absolute Gasteiger partial charge is 0.268 e. The summed E-state index contributed by atoms with van der Waals surface area (Å²) < 4.78 is 5.89. The van der Waals surface area contributed by atoms with Crippen LogP contribution < -0.4 is 0 Å². The summed E-state index contributed by atoms with van der Waals surface area (Å²) in [7, 11) is -0.431. The predicted octanol–water partition coefficient (Wildman–Crippen LogP) is 7.98. The zero-order chi connectivity index (χ0) is 30.6. The Morgan fingerprint density at radius 2 is 0.628 bits per heavy atom. The Morgan fingerprint density at radius 1 is 0.395 bits per heavy atom. The highest BCUT2D eigenvalue weighted by Gasteiger charge is 2.30. The van der Waals surface area contributed by atoms with Crippen molar-refractivity contribution in [3.8, 4) is 33.8 Å². The number of nitrogens with zero attached hydrogens (tertiary/aromatic N) is 6. The molecule has 0 amide bonds. The van der Waals surface area contributed by atoms with Crippen molar-refractivity contribution < 1.29 is 0 Å². The van der Waals surface area contributed by atoms with Crippen LogP contribution in [-0.2, 0) is 0 Å². The molecule has 0 unspecified atom stereocenters. The second kappa shape index (κ2) is 10.9. The van der Waals surface area contributed by atoms with Crippen molar-refractivity contribution >= 4 is 7.12 Å². The Hall–Kier alpha value is -4.65. The molecule has 6 rings (SSSR count). The average molecular weight is 567 g/mol. The fraction of sp³-hybridized carbons (Fsp3) is 0.250. The second-order valence-electron chi connectivity index (χ2n) is 12.2. The molecule has 0 aliphatic carbocycles. The minimum atomic E-state index is -0.431. The predicted molar refractivity (Wildman–Crippen MR) is 178 cm³/mol. The quantitative estimate of drug-likeness (QED) is 0.192. The molecule has 0 saturated carbocycles. The number of aromatic nitrogens is 6. The minimum absolute atomic E-state index is 0.431. The second-order valence-corrected chi connectivity index (χ2v) is 12.2. The SMILES string of the molecule is Cc1cc(C)c(-c2ccn(B(n3ccc(-c4c(C)cc(C)cc4C)n3)n3ccc(-c4c(C)cc(C)cc4C)n3)n2)c(C)c1. The van der Waals surface area contributed by atoms with Gasteiger partial charge < -0.3 is 0 Å². The number of benzene rings is 3. The first kappa shape index (κ1) is 28.5. The first-order chi connectivity index (χ1) is 20.5. The number of hydrogen-bond acceptors (Lipinski definition) is 3. The molecule has 7 heteroatoms. The molecule has 6 nitrogen and oxygen atoms in total. The molecular weight excluding hydrogens is 527 g/mol. The summed E-state index contributed by atoms with van der Waals surface area (Å²) in [5, 5.41) is 15.4. The van der Waals surface area contributed by atoms with Crippen molar-refractivity contribution in [1.82, 2.24) is 29.1 Å². The molecule has 43 heavy (non-hydrogen) atoms. The van der Waals surface area contributed by atoms with Crippen LogP contribution in [0.2, 0.25) is 0 Å². The summed E-state index contributed by atoms with van der Waals surface area (Å²) in [6, 6.07) is 19.6. The molecule has 0 spiro atoms. The van der Waals surface area contributed by atoms with Crippen molar-refractivity contribution in [2.75, 3.05) is 0 Å². The van der Waals surface area contributed by atoms with Gasteiger partial charge in [-0.15, -0.1) is 0 Å². The van der Waals surface area contributed by atoms with Crippen LogP contribution in [0.1, 0.15) is 50.1 Å². The van der Waals surface area contributed by atoms with E-state index >= 15 is 0 Å². The summed E-state index contributed by atoms with van der Waals surface area (Å²) in [5.41, 5.74) is 17.4. The zero-order valence-electron chi connectivity index (χ0n) is 26.7. The van der Waals surface area contributed by atoms with Crippen molar-refractivity contribution in [3.63, 3.8) is 0 Å². The molecule has 216 valence electrons. The lowest BCUT2D eigenvalue weighted by atomic mass is 9.96. The largest absolute Gasteiger partial charge is 0.568 e. The van der Waals surface area contributed by atoms with Crippen LogP contribution in [0.3, 0.4) is 0 Å². The average Bonchev–Trinajstić information content (AvgIpc) is 3.66. The molecule has 0 aliphatic rings. The normalized spacial score (nSPS) is 11.4. The van der Waals surface area contributed by atoms with Gasteiger partial charge >= 0.3 is 7.12 Å². The molecule has 3 aromatic carbocycles. The number of hydrogen-bond donors (Lipinski definition) is 0. The Labute approximate surface area is 255 Å². The Morgan fingerprint density at radius 3 is 0.860 bits per heavy atom. The lowest BCUT2D eigenvalue weighted by molar-refractivity contribution is 0.774. The van der Waals surface area contributed by atoms with E-state index in [0.717, 1.165) is 17.1 Å². The maximum atomic E-state index is 5.14. The van der Waals surface area contributed by atoms with Gasteiger partial charge in [0.1, 0.15) is 0 Å². The van der Waals surface area contributed by atoms with Crippen LogP contribution in [0, 0.1) is 62.3 Å². The van der Waals surface area contributed by atoms with Crippen LogP contribution in [-0.4, -0.2) is 36.2 Å². The van der Waals surface area contributed by atoms with Gasteiger partial charge in [0.2, 0.25) is 0 Å². The highest BCUT2D eigenvalue weighted by molar-refractivity contribution is 6.52. The van der Waals surface area contributed by atoms with Gasteiger partial charge in [0.05, 0.1) is 17.1 Å². The van der Waals surface area contributed by atoms with Crippen LogP contribution in [0.15, 0.2) is 73.2 Å². The van der Waals surface area contributed by atoms with Crippen molar-refractivity contribution in [3.05, 3.63) is 123 Å². The lowest BCUT2D eigenvalue weighted by Crippen LogP contribution is -2.43. The van der Waals surface area contributed by atoms with Gasteiger partial charge in [-0.05, 0) is 114 Å². The van der Waals surface area contributed by atoms with Crippen LogP contribution >= 0.6 is 0 Å². The van der Waals surface area contributed by atoms with E-state index in [0.29, 0.717) is 0 Å². The van der Waals surface area contributed by atoms with E-state index in [2.05, 4.69) is 117 Å².